The van der Waals surface area contributed by atoms with Crippen molar-refractivity contribution in [3.8, 4) is 0 Å². The molecule has 0 saturated carbocycles. The molecule has 1 fully saturated rings. The van der Waals surface area contributed by atoms with Gasteiger partial charge >= 0.3 is 0 Å². The van der Waals surface area contributed by atoms with Crippen LogP contribution in [0.15, 0.2) is 54.6 Å². The highest BCUT2D eigenvalue weighted by molar-refractivity contribution is 5.97. The molecule has 0 bridgehead atoms. The van der Waals surface area contributed by atoms with E-state index in [0.29, 0.717) is 19.5 Å². The number of para-hydroxylation sites is 1. The number of amides is 2. The lowest BCUT2D eigenvalue weighted by Crippen LogP contribution is -2.46. The number of hydrogen-bond acceptors (Lipinski definition) is 2. The molecule has 2 heterocycles. The zero-order chi connectivity index (χ0) is 18.8. The van der Waals surface area contributed by atoms with Gasteiger partial charge in [-0.3, -0.25) is 9.59 Å². The van der Waals surface area contributed by atoms with Gasteiger partial charge in [0, 0.05) is 30.7 Å². The molecule has 0 spiro atoms. The van der Waals surface area contributed by atoms with Crippen molar-refractivity contribution in [2.45, 2.75) is 38.6 Å². The summed E-state index contributed by atoms with van der Waals surface area (Å²) in [6, 6.07) is 18.3. The van der Waals surface area contributed by atoms with Crippen LogP contribution in [-0.4, -0.2) is 35.8 Å². The average Bonchev–Trinajstić information content (AvgIpc) is 3.04. The van der Waals surface area contributed by atoms with Crippen molar-refractivity contribution in [2.24, 2.45) is 5.92 Å². The first-order chi connectivity index (χ1) is 13.1. The van der Waals surface area contributed by atoms with E-state index in [1.807, 2.05) is 52.3 Å². The summed E-state index contributed by atoms with van der Waals surface area (Å²) in [6.45, 7) is 3.47. The molecule has 2 aliphatic heterocycles. The van der Waals surface area contributed by atoms with Gasteiger partial charge in [-0.2, -0.15) is 0 Å². The summed E-state index contributed by atoms with van der Waals surface area (Å²) < 4.78 is 0. The highest BCUT2D eigenvalue weighted by Crippen LogP contribution is 2.34. The van der Waals surface area contributed by atoms with Crippen molar-refractivity contribution in [3.05, 3.63) is 65.7 Å². The maximum Gasteiger partial charge on any atom is 0.230 e. The van der Waals surface area contributed by atoms with E-state index in [4.69, 9.17) is 0 Å². The molecule has 1 atom stereocenters. The van der Waals surface area contributed by atoms with Gasteiger partial charge in [0.05, 0.1) is 6.42 Å². The minimum Gasteiger partial charge on any atom is -0.342 e. The van der Waals surface area contributed by atoms with E-state index in [1.54, 1.807) is 0 Å². The molecule has 4 nitrogen and oxygen atoms in total. The van der Waals surface area contributed by atoms with E-state index in [1.165, 1.54) is 5.56 Å². The maximum atomic E-state index is 13.2. The standard InChI is InChI=1S/C23H26N2O2/c1-17-15-20-9-5-6-10-21(20)25(17)23(27)19-11-13-24(14-12-19)22(26)16-18-7-3-2-4-8-18/h2-10,17,19H,11-16H2,1H3. The SMILES string of the molecule is CC1Cc2ccccc2N1C(=O)C1CCN(C(=O)Cc2ccccc2)CC1. The number of carbonyl (C=O) groups excluding carboxylic acids is 2. The smallest absolute Gasteiger partial charge is 0.230 e. The Bertz CT molecular complexity index is 825. The number of rotatable bonds is 3. The molecule has 4 rings (SSSR count). The van der Waals surface area contributed by atoms with Crippen LogP contribution >= 0.6 is 0 Å². The number of nitrogens with zero attached hydrogens (tertiary/aromatic N) is 2. The summed E-state index contributed by atoms with van der Waals surface area (Å²) in [6.07, 6.45) is 2.88. The highest BCUT2D eigenvalue weighted by atomic mass is 16.2. The van der Waals surface area contributed by atoms with Gasteiger partial charge in [0.15, 0.2) is 0 Å². The van der Waals surface area contributed by atoms with E-state index >= 15 is 0 Å². The molecule has 0 radical (unpaired) electrons. The molecular formula is C23H26N2O2. The Morgan fingerprint density at radius 1 is 0.963 bits per heavy atom. The summed E-state index contributed by atoms with van der Waals surface area (Å²) in [4.78, 5) is 29.6. The molecule has 27 heavy (non-hydrogen) atoms. The Morgan fingerprint density at radius 3 is 2.37 bits per heavy atom. The van der Waals surface area contributed by atoms with Gasteiger partial charge in [-0.15, -0.1) is 0 Å². The summed E-state index contributed by atoms with van der Waals surface area (Å²) >= 11 is 0. The molecule has 2 aromatic carbocycles. The fourth-order valence-corrected chi connectivity index (χ4v) is 4.36. The predicted molar refractivity (Wildman–Crippen MR) is 107 cm³/mol. The lowest BCUT2D eigenvalue weighted by molar-refractivity contribution is -0.134. The lowest BCUT2D eigenvalue weighted by atomic mass is 9.94. The Labute approximate surface area is 160 Å². The van der Waals surface area contributed by atoms with Crippen LogP contribution in [0, 0.1) is 5.92 Å². The molecule has 4 heteroatoms. The predicted octanol–water partition coefficient (Wildman–Crippen LogP) is 3.45. The minimum absolute atomic E-state index is 0.0133. The molecule has 0 N–H and O–H groups in total. The number of benzene rings is 2. The quantitative estimate of drug-likeness (QED) is 0.839. The van der Waals surface area contributed by atoms with E-state index in [2.05, 4.69) is 19.1 Å². The van der Waals surface area contributed by atoms with Crippen LogP contribution < -0.4 is 4.90 Å². The van der Waals surface area contributed by atoms with Crippen LogP contribution in [0.3, 0.4) is 0 Å². The van der Waals surface area contributed by atoms with Crippen molar-refractivity contribution < 1.29 is 9.59 Å². The molecule has 2 aliphatic rings. The van der Waals surface area contributed by atoms with Gasteiger partial charge in [-0.05, 0) is 43.4 Å². The first-order valence-electron chi connectivity index (χ1n) is 9.86. The number of carbonyl (C=O) groups is 2. The van der Waals surface area contributed by atoms with E-state index in [-0.39, 0.29) is 23.8 Å². The third-order valence-corrected chi connectivity index (χ3v) is 5.84. The molecule has 2 amide bonds. The van der Waals surface area contributed by atoms with Crippen molar-refractivity contribution >= 4 is 17.5 Å². The lowest BCUT2D eigenvalue weighted by Gasteiger charge is -2.34. The van der Waals surface area contributed by atoms with E-state index in [9.17, 15) is 9.59 Å². The second-order valence-electron chi connectivity index (χ2n) is 7.71. The summed E-state index contributed by atoms with van der Waals surface area (Å²) in [5.41, 5.74) is 3.37. The number of anilines is 1. The molecule has 1 saturated heterocycles. The number of hydrogen-bond donors (Lipinski definition) is 0. The zero-order valence-corrected chi connectivity index (χ0v) is 15.8. The normalized spacial score (nSPS) is 19.8. The molecule has 1 unspecified atom stereocenters. The Hall–Kier alpha value is -2.62. The number of fused-ring (bicyclic) bond motifs is 1. The Morgan fingerprint density at radius 2 is 1.63 bits per heavy atom. The third-order valence-electron chi connectivity index (χ3n) is 5.84. The zero-order valence-electron chi connectivity index (χ0n) is 15.8. The van der Waals surface area contributed by atoms with Gasteiger partial charge in [0.25, 0.3) is 0 Å². The monoisotopic (exact) mass is 362 g/mol. The van der Waals surface area contributed by atoms with Gasteiger partial charge in [0.1, 0.15) is 0 Å². The van der Waals surface area contributed by atoms with Crippen LogP contribution in [0.2, 0.25) is 0 Å². The van der Waals surface area contributed by atoms with Crippen molar-refractivity contribution in [1.29, 1.82) is 0 Å². The first-order valence-corrected chi connectivity index (χ1v) is 9.86. The van der Waals surface area contributed by atoms with Crippen molar-refractivity contribution in [1.82, 2.24) is 4.90 Å². The molecule has 2 aromatic rings. The van der Waals surface area contributed by atoms with Gasteiger partial charge in [0.2, 0.25) is 11.8 Å². The van der Waals surface area contributed by atoms with Crippen molar-refractivity contribution in [2.75, 3.05) is 18.0 Å². The third kappa shape index (κ3) is 3.61. The van der Waals surface area contributed by atoms with Crippen LogP contribution in [0.25, 0.3) is 0 Å². The molecular weight excluding hydrogens is 336 g/mol. The second-order valence-corrected chi connectivity index (χ2v) is 7.71. The first kappa shape index (κ1) is 17.8. The van der Waals surface area contributed by atoms with Gasteiger partial charge in [-0.25, -0.2) is 0 Å². The summed E-state index contributed by atoms with van der Waals surface area (Å²) in [7, 11) is 0. The van der Waals surface area contributed by atoms with Gasteiger partial charge < -0.3 is 9.80 Å². The number of likely N-dealkylation sites (tertiary alicyclic amines) is 1. The van der Waals surface area contributed by atoms with Crippen molar-refractivity contribution in [3.63, 3.8) is 0 Å². The molecule has 0 aliphatic carbocycles. The summed E-state index contributed by atoms with van der Waals surface area (Å²) in [5.74, 6) is 0.397. The van der Waals surface area contributed by atoms with Crippen LogP contribution in [0.1, 0.15) is 30.9 Å². The summed E-state index contributed by atoms with van der Waals surface area (Å²) in [5, 5.41) is 0. The van der Waals surface area contributed by atoms with Crippen LogP contribution in [-0.2, 0) is 22.4 Å². The minimum atomic E-state index is 0.0133. The fourth-order valence-electron chi connectivity index (χ4n) is 4.36. The molecule has 0 aromatic heterocycles. The maximum absolute atomic E-state index is 13.2. The average molecular weight is 362 g/mol. The number of piperidine rings is 1. The van der Waals surface area contributed by atoms with Crippen LogP contribution in [0.4, 0.5) is 5.69 Å². The second kappa shape index (κ2) is 7.55. The fraction of sp³-hybridized carbons (Fsp3) is 0.391. The topological polar surface area (TPSA) is 40.6 Å². The van der Waals surface area contributed by atoms with E-state index < -0.39 is 0 Å². The van der Waals surface area contributed by atoms with Crippen LogP contribution in [0.5, 0.6) is 0 Å². The highest BCUT2D eigenvalue weighted by Gasteiger charge is 2.36. The Kier molecular flexibility index (Phi) is 4.97. The largest absolute Gasteiger partial charge is 0.342 e. The van der Waals surface area contributed by atoms with E-state index in [0.717, 1.165) is 30.5 Å². The molecule has 140 valence electrons. The van der Waals surface area contributed by atoms with Gasteiger partial charge in [-0.1, -0.05) is 48.5 Å². The Balaban J connectivity index is 1.37.